The van der Waals surface area contributed by atoms with Crippen LogP contribution in [0.25, 0.3) is 10.9 Å². The van der Waals surface area contributed by atoms with Crippen LogP contribution < -0.4 is 15.0 Å². The summed E-state index contributed by atoms with van der Waals surface area (Å²) in [6.45, 7) is 1.22. The van der Waals surface area contributed by atoms with Gasteiger partial charge in [-0.25, -0.2) is 0 Å². The normalized spacial score (nSPS) is 11.0. The number of para-hydroxylation sites is 1. The fraction of sp³-hybridized carbons (Fsp3) is 0.250. The maximum Gasteiger partial charge on any atom is 0.252 e. The zero-order chi connectivity index (χ0) is 17.8. The number of methoxy groups -OCH3 is 2. The lowest BCUT2D eigenvalue weighted by Gasteiger charge is -2.19. The molecular weight excluding hydrogens is 316 g/mol. The highest BCUT2D eigenvalue weighted by Crippen LogP contribution is 2.25. The van der Waals surface area contributed by atoms with Gasteiger partial charge in [0.2, 0.25) is 0 Å². The van der Waals surface area contributed by atoms with Gasteiger partial charge < -0.3 is 14.5 Å². The number of benzene rings is 2. The molecular formula is C20H22N2O3. The van der Waals surface area contributed by atoms with E-state index in [4.69, 9.17) is 9.47 Å². The Morgan fingerprint density at radius 1 is 0.960 bits per heavy atom. The predicted molar refractivity (Wildman–Crippen MR) is 99.3 cm³/mol. The summed E-state index contributed by atoms with van der Waals surface area (Å²) in [5.74, 6) is 1.54. The molecule has 5 heteroatoms. The molecule has 0 radical (unpaired) electrons. The van der Waals surface area contributed by atoms with Gasteiger partial charge in [0.05, 0.1) is 14.2 Å². The Morgan fingerprint density at radius 3 is 2.48 bits per heavy atom. The smallest absolute Gasteiger partial charge is 0.252 e. The van der Waals surface area contributed by atoms with Crippen molar-refractivity contribution in [2.24, 2.45) is 0 Å². The zero-order valence-electron chi connectivity index (χ0n) is 14.7. The van der Waals surface area contributed by atoms with Crippen molar-refractivity contribution in [3.8, 4) is 11.5 Å². The molecule has 0 spiro atoms. The maximum atomic E-state index is 12.3. The highest BCUT2D eigenvalue weighted by molar-refractivity contribution is 5.78. The first-order chi connectivity index (χ1) is 12.1. The van der Waals surface area contributed by atoms with Crippen LogP contribution in [0.1, 0.15) is 11.1 Å². The summed E-state index contributed by atoms with van der Waals surface area (Å²) in [5.41, 5.74) is 2.60. The largest absolute Gasteiger partial charge is 0.497 e. The highest BCUT2D eigenvalue weighted by Gasteiger charge is 2.10. The van der Waals surface area contributed by atoms with E-state index in [9.17, 15) is 4.79 Å². The second kappa shape index (κ2) is 7.40. The molecule has 1 aromatic heterocycles. The summed E-state index contributed by atoms with van der Waals surface area (Å²) in [7, 11) is 5.26. The number of aromatic nitrogens is 1. The number of ether oxygens (including phenoxy) is 2. The minimum atomic E-state index is -0.0488. The summed E-state index contributed by atoms with van der Waals surface area (Å²) in [6, 6.07) is 15.5. The SMILES string of the molecule is COc1ccc(CN(C)Cc2cc3ccccc3[nH]c2=O)c(OC)c1. The average Bonchev–Trinajstić information content (AvgIpc) is 2.62. The molecule has 0 atom stereocenters. The summed E-state index contributed by atoms with van der Waals surface area (Å²) in [4.78, 5) is 17.3. The molecule has 1 N–H and O–H groups in total. The second-order valence-corrected chi connectivity index (χ2v) is 6.06. The molecule has 3 aromatic rings. The van der Waals surface area contributed by atoms with Gasteiger partial charge in [-0.15, -0.1) is 0 Å². The number of nitrogens with one attached hydrogen (secondary N) is 1. The third-order valence-electron chi connectivity index (χ3n) is 4.21. The number of nitrogens with zero attached hydrogens (tertiary/aromatic N) is 1. The molecule has 0 aliphatic heterocycles. The Bertz CT molecular complexity index is 934. The van der Waals surface area contributed by atoms with Gasteiger partial charge in [-0.2, -0.15) is 0 Å². The van der Waals surface area contributed by atoms with Crippen LogP contribution in [0.3, 0.4) is 0 Å². The third-order valence-corrected chi connectivity index (χ3v) is 4.21. The maximum absolute atomic E-state index is 12.3. The molecule has 0 fully saturated rings. The highest BCUT2D eigenvalue weighted by atomic mass is 16.5. The number of hydrogen-bond acceptors (Lipinski definition) is 4. The van der Waals surface area contributed by atoms with Crippen LogP contribution in [0.15, 0.2) is 53.3 Å². The van der Waals surface area contributed by atoms with Crippen molar-refractivity contribution in [1.29, 1.82) is 0 Å². The van der Waals surface area contributed by atoms with Crippen LogP contribution in [0.2, 0.25) is 0 Å². The number of H-pyrrole nitrogens is 1. The minimum absolute atomic E-state index is 0.0488. The van der Waals surface area contributed by atoms with E-state index in [0.717, 1.165) is 33.5 Å². The molecule has 130 valence electrons. The lowest BCUT2D eigenvalue weighted by molar-refractivity contribution is 0.308. The first kappa shape index (κ1) is 17.0. The van der Waals surface area contributed by atoms with Crippen LogP contribution in [0.4, 0.5) is 0 Å². The van der Waals surface area contributed by atoms with E-state index in [1.807, 2.05) is 55.6 Å². The molecule has 1 heterocycles. The molecule has 0 saturated heterocycles. The fourth-order valence-electron chi connectivity index (χ4n) is 2.93. The van der Waals surface area contributed by atoms with Gasteiger partial charge in [0.1, 0.15) is 11.5 Å². The summed E-state index contributed by atoms with van der Waals surface area (Å²) >= 11 is 0. The van der Waals surface area contributed by atoms with Crippen molar-refractivity contribution in [1.82, 2.24) is 9.88 Å². The molecule has 2 aromatic carbocycles. The molecule has 0 amide bonds. The third kappa shape index (κ3) is 3.83. The van der Waals surface area contributed by atoms with Crippen molar-refractivity contribution in [2.45, 2.75) is 13.1 Å². The van der Waals surface area contributed by atoms with Gasteiger partial charge in [0.15, 0.2) is 0 Å². The van der Waals surface area contributed by atoms with Crippen LogP contribution in [-0.2, 0) is 13.1 Å². The van der Waals surface area contributed by atoms with Crippen molar-refractivity contribution in [2.75, 3.05) is 21.3 Å². The van der Waals surface area contributed by atoms with Crippen LogP contribution in [0.5, 0.6) is 11.5 Å². The standard InChI is InChI=1S/C20H22N2O3/c1-22(12-15-8-9-17(24-2)11-19(15)25-3)13-16-10-14-6-4-5-7-18(14)21-20(16)23/h4-11H,12-13H2,1-3H3,(H,21,23). The Labute approximate surface area is 146 Å². The first-order valence-electron chi connectivity index (χ1n) is 8.11. The van der Waals surface area contributed by atoms with E-state index >= 15 is 0 Å². The lowest BCUT2D eigenvalue weighted by Crippen LogP contribution is -2.23. The lowest BCUT2D eigenvalue weighted by atomic mass is 10.1. The van der Waals surface area contributed by atoms with Crippen molar-refractivity contribution >= 4 is 10.9 Å². The number of rotatable bonds is 6. The topological polar surface area (TPSA) is 54.6 Å². The monoisotopic (exact) mass is 338 g/mol. The van der Waals surface area contributed by atoms with Crippen LogP contribution in [0, 0.1) is 0 Å². The average molecular weight is 338 g/mol. The Morgan fingerprint density at radius 2 is 1.72 bits per heavy atom. The zero-order valence-corrected chi connectivity index (χ0v) is 14.7. The van der Waals surface area contributed by atoms with E-state index in [1.54, 1.807) is 14.2 Å². The molecule has 5 nitrogen and oxygen atoms in total. The number of hydrogen-bond donors (Lipinski definition) is 1. The van der Waals surface area contributed by atoms with Gasteiger partial charge in [0.25, 0.3) is 5.56 Å². The number of fused-ring (bicyclic) bond motifs is 1. The van der Waals surface area contributed by atoms with Gasteiger partial charge >= 0.3 is 0 Å². The van der Waals surface area contributed by atoms with Gasteiger partial charge in [-0.3, -0.25) is 9.69 Å². The Kier molecular flexibility index (Phi) is 5.05. The number of aromatic amines is 1. The van der Waals surface area contributed by atoms with E-state index < -0.39 is 0 Å². The Balaban J connectivity index is 1.80. The minimum Gasteiger partial charge on any atom is -0.497 e. The summed E-state index contributed by atoms with van der Waals surface area (Å²) < 4.78 is 10.7. The second-order valence-electron chi connectivity index (χ2n) is 6.06. The molecule has 3 rings (SSSR count). The van der Waals surface area contributed by atoms with E-state index in [0.29, 0.717) is 13.1 Å². The molecule has 0 unspecified atom stereocenters. The first-order valence-corrected chi connectivity index (χ1v) is 8.11. The van der Waals surface area contributed by atoms with Crippen LogP contribution >= 0.6 is 0 Å². The van der Waals surface area contributed by atoms with Crippen molar-refractivity contribution in [3.63, 3.8) is 0 Å². The van der Waals surface area contributed by atoms with E-state index in [-0.39, 0.29) is 5.56 Å². The summed E-state index contributed by atoms with van der Waals surface area (Å²) in [6.07, 6.45) is 0. The molecule has 0 saturated carbocycles. The molecule has 0 bridgehead atoms. The van der Waals surface area contributed by atoms with Gasteiger partial charge in [-0.1, -0.05) is 24.3 Å². The summed E-state index contributed by atoms with van der Waals surface area (Å²) in [5, 5.41) is 1.03. The molecule has 0 aliphatic rings. The van der Waals surface area contributed by atoms with Crippen LogP contribution in [-0.4, -0.2) is 31.2 Å². The van der Waals surface area contributed by atoms with Crippen molar-refractivity contribution in [3.05, 3.63) is 70.0 Å². The van der Waals surface area contributed by atoms with Gasteiger partial charge in [-0.05, 0) is 30.6 Å². The van der Waals surface area contributed by atoms with E-state index in [2.05, 4.69) is 9.88 Å². The number of pyridine rings is 1. The van der Waals surface area contributed by atoms with E-state index in [1.165, 1.54) is 0 Å². The van der Waals surface area contributed by atoms with Crippen molar-refractivity contribution < 1.29 is 9.47 Å². The predicted octanol–water partition coefficient (Wildman–Crippen LogP) is 3.18. The molecule has 0 aliphatic carbocycles. The fourth-order valence-corrected chi connectivity index (χ4v) is 2.93. The molecule has 25 heavy (non-hydrogen) atoms. The van der Waals surface area contributed by atoms with Gasteiger partial charge in [0, 0.05) is 35.8 Å². The quantitative estimate of drug-likeness (QED) is 0.750. The Hall–Kier alpha value is -2.79.